The number of rotatable bonds is 2. The van der Waals surface area contributed by atoms with Crippen LogP contribution < -0.4 is 5.73 Å². The monoisotopic (exact) mass is 298 g/mol. The number of hydrogen-bond donors (Lipinski definition) is 1. The van der Waals surface area contributed by atoms with Gasteiger partial charge in [0, 0.05) is 22.7 Å². The van der Waals surface area contributed by atoms with Crippen molar-refractivity contribution in [2.24, 2.45) is 0 Å². The van der Waals surface area contributed by atoms with Gasteiger partial charge in [-0.05, 0) is 6.07 Å². The minimum atomic E-state index is 0.251. The van der Waals surface area contributed by atoms with Crippen LogP contribution in [0, 0.1) is 0 Å². The van der Waals surface area contributed by atoms with E-state index in [1.807, 2.05) is 66.7 Å². The van der Waals surface area contributed by atoms with Gasteiger partial charge in [-0.3, -0.25) is 4.98 Å². The lowest BCUT2D eigenvalue weighted by atomic mass is 10.0. The van der Waals surface area contributed by atoms with Crippen LogP contribution in [0.5, 0.6) is 0 Å². The van der Waals surface area contributed by atoms with Crippen LogP contribution in [-0.2, 0) is 0 Å². The smallest absolute Gasteiger partial charge is 0.221 e. The molecule has 0 aliphatic heterocycles. The number of pyridine rings is 1. The Balaban J connectivity index is 2.05. The molecular formula is C19H14N4. The Bertz CT molecular complexity index is 966. The molecule has 4 nitrogen and oxygen atoms in total. The summed E-state index contributed by atoms with van der Waals surface area (Å²) >= 11 is 0. The van der Waals surface area contributed by atoms with Crippen molar-refractivity contribution in [2.75, 3.05) is 5.73 Å². The SMILES string of the molecule is Nc1nc(-c2ccccc2)c2ccnc(-c3ccccc3)c2n1. The maximum atomic E-state index is 5.96. The van der Waals surface area contributed by atoms with E-state index in [0.29, 0.717) is 0 Å². The van der Waals surface area contributed by atoms with Gasteiger partial charge < -0.3 is 5.73 Å². The normalized spacial score (nSPS) is 10.8. The molecule has 23 heavy (non-hydrogen) atoms. The Morgan fingerprint density at radius 3 is 1.91 bits per heavy atom. The molecule has 0 radical (unpaired) electrons. The molecule has 0 saturated heterocycles. The fraction of sp³-hybridized carbons (Fsp3) is 0. The van der Waals surface area contributed by atoms with E-state index in [9.17, 15) is 0 Å². The Kier molecular flexibility index (Phi) is 3.20. The molecule has 2 aromatic carbocycles. The molecule has 0 fully saturated rings. The fourth-order valence-corrected chi connectivity index (χ4v) is 2.70. The highest BCUT2D eigenvalue weighted by Gasteiger charge is 2.13. The predicted octanol–water partition coefficient (Wildman–Crippen LogP) is 3.94. The Morgan fingerprint density at radius 1 is 0.652 bits per heavy atom. The second-order valence-corrected chi connectivity index (χ2v) is 5.22. The van der Waals surface area contributed by atoms with E-state index in [-0.39, 0.29) is 5.95 Å². The largest absolute Gasteiger partial charge is 0.368 e. The van der Waals surface area contributed by atoms with Crippen molar-refractivity contribution < 1.29 is 0 Å². The summed E-state index contributed by atoms with van der Waals surface area (Å²) in [6.45, 7) is 0. The lowest BCUT2D eigenvalue weighted by molar-refractivity contribution is 1.22. The molecule has 4 heteroatoms. The first-order valence-corrected chi connectivity index (χ1v) is 7.36. The average molecular weight is 298 g/mol. The Labute approximate surface area is 133 Å². The zero-order chi connectivity index (χ0) is 15.6. The number of aromatic nitrogens is 3. The highest BCUT2D eigenvalue weighted by molar-refractivity contribution is 5.99. The summed E-state index contributed by atoms with van der Waals surface area (Å²) in [6, 6.07) is 21.9. The number of nitrogens with two attached hydrogens (primary N) is 1. The first-order valence-electron chi connectivity index (χ1n) is 7.36. The maximum Gasteiger partial charge on any atom is 0.221 e. The first kappa shape index (κ1) is 13.4. The maximum absolute atomic E-state index is 5.96. The van der Waals surface area contributed by atoms with Crippen LogP contribution in [-0.4, -0.2) is 15.0 Å². The van der Waals surface area contributed by atoms with Crippen LogP contribution in [0.3, 0.4) is 0 Å². The molecule has 0 amide bonds. The highest BCUT2D eigenvalue weighted by atomic mass is 15.0. The van der Waals surface area contributed by atoms with Crippen LogP contribution in [0.2, 0.25) is 0 Å². The summed E-state index contributed by atoms with van der Waals surface area (Å²) in [5, 5.41) is 0.944. The number of nitrogens with zero attached hydrogens (tertiary/aromatic N) is 3. The van der Waals surface area contributed by atoms with Gasteiger partial charge in [0.05, 0.1) is 11.4 Å². The molecular weight excluding hydrogens is 284 g/mol. The van der Waals surface area contributed by atoms with Crippen molar-refractivity contribution in [3.8, 4) is 22.5 Å². The summed E-state index contributed by atoms with van der Waals surface area (Å²) in [6.07, 6.45) is 1.79. The van der Waals surface area contributed by atoms with Crippen LogP contribution >= 0.6 is 0 Å². The molecule has 2 N–H and O–H groups in total. The quantitative estimate of drug-likeness (QED) is 0.608. The van der Waals surface area contributed by atoms with Crippen molar-refractivity contribution in [1.82, 2.24) is 15.0 Å². The van der Waals surface area contributed by atoms with Gasteiger partial charge in [-0.25, -0.2) is 9.97 Å². The molecule has 110 valence electrons. The van der Waals surface area contributed by atoms with Gasteiger partial charge in [0.1, 0.15) is 5.52 Å². The number of benzene rings is 2. The molecule has 0 atom stereocenters. The Morgan fingerprint density at radius 2 is 1.26 bits per heavy atom. The van der Waals surface area contributed by atoms with E-state index in [1.54, 1.807) is 6.20 Å². The van der Waals surface area contributed by atoms with Gasteiger partial charge in [0.25, 0.3) is 0 Å². The lowest BCUT2D eigenvalue weighted by Crippen LogP contribution is -2.00. The van der Waals surface area contributed by atoms with Crippen molar-refractivity contribution in [2.45, 2.75) is 0 Å². The fourth-order valence-electron chi connectivity index (χ4n) is 2.70. The highest BCUT2D eigenvalue weighted by Crippen LogP contribution is 2.31. The number of anilines is 1. The third kappa shape index (κ3) is 2.40. The molecule has 2 heterocycles. The molecule has 2 aromatic heterocycles. The second kappa shape index (κ2) is 5.50. The van der Waals surface area contributed by atoms with E-state index < -0.39 is 0 Å². The zero-order valence-electron chi connectivity index (χ0n) is 12.3. The van der Waals surface area contributed by atoms with Gasteiger partial charge >= 0.3 is 0 Å². The Hall–Kier alpha value is -3.27. The number of hydrogen-bond acceptors (Lipinski definition) is 4. The summed E-state index contributed by atoms with van der Waals surface area (Å²) in [5.74, 6) is 0.251. The van der Waals surface area contributed by atoms with Gasteiger partial charge in [0.15, 0.2) is 0 Å². The minimum Gasteiger partial charge on any atom is -0.368 e. The molecule has 4 rings (SSSR count). The van der Waals surface area contributed by atoms with Crippen molar-refractivity contribution in [3.63, 3.8) is 0 Å². The molecule has 0 unspecified atom stereocenters. The van der Waals surface area contributed by atoms with Crippen LogP contribution in [0.1, 0.15) is 0 Å². The van der Waals surface area contributed by atoms with E-state index in [1.165, 1.54) is 0 Å². The molecule has 0 aliphatic carbocycles. The van der Waals surface area contributed by atoms with E-state index >= 15 is 0 Å². The predicted molar refractivity (Wildman–Crippen MR) is 92.6 cm³/mol. The van der Waals surface area contributed by atoms with Crippen molar-refractivity contribution >= 4 is 16.9 Å². The van der Waals surface area contributed by atoms with Gasteiger partial charge in [0.2, 0.25) is 5.95 Å². The molecule has 0 spiro atoms. The van der Waals surface area contributed by atoms with Crippen LogP contribution in [0.15, 0.2) is 72.9 Å². The first-order chi connectivity index (χ1) is 11.3. The molecule has 0 saturated carbocycles. The number of nitrogen functional groups attached to an aromatic ring is 1. The minimum absolute atomic E-state index is 0.251. The summed E-state index contributed by atoms with van der Waals surface area (Å²) in [5.41, 5.74) is 10.4. The third-order valence-electron chi connectivity index (χ3n) is 3.73. The summed E-state index contributed by atoms with van der Waals surface area (Å²) in [4.78, 5) is 13.4. The standard InChI is InChI=1S/C19H14N4/c20-19-22-16(13-7-3-1-4-8-13)15-11-12-21-17(18(15)23-19)14-9-5-2-6-10-14/h1-12H,(H2,20,22,23). The topological polar surface area (TPSA) is 64.7 Å². The molecule has 0 aliphatic rings. The van der Waals surface area contributed by atoms with E-state index in [0.717, 1.165) is 33.4 Å². The lowest BCUT2D eigenvalue weighted by Gasteiger charge is -2.10. The number of fused-ring (bicyclic) bond motifs is 1. The summed E-state index contributed by atoms with van der Waals surface area (Å²) < 4.78 is 0. The second-order valence-electron chi connectivity index (χ2n) is 5.22. The van der Waals surface area contributed by atoms with Crippen LogP contribution in [0.4, 0.5) is 5.95 Å². The third-order valence-corrected chi connectivity index (χ3v) is 3.73. The van der Waals surface area contributed by atoms with Gasteiger partial charge in [-0.1, -0.05) is 60.7 Å². The van der Waals surface area contributed by atoms with Gasteiger partial charge in [-0.15, -0.1) is 0 Å². The van der Waals surface area contributed by atoms with Crippen molar-refractivity contribution in [1.29, 1.82) is 0 Å². The van der Waals surface area contributed by atoms with E-state index in [4.69, 9.17) is 5.73 Å². The van der Waals surface area contributed by atoms with E-state index in [2.05, 4.69) is 15.0 Å². The summed E-state index contributed by atoms with van der Waals surface area (Å²) in [7, 11) is 0. The van der Waals surface area contributed by atoms with Crippen molar-refractivity contribution in [3.05, 3.63) is 72.9 Å². The average Bonchev–Trinajstić information content (AvgIpc) is 2.62. The molecule has 0 bridgehead atoms. The molecule has 4 aromatic rings. The van der Waals surface area contributed by atoms with Crippen LogP contribution in [0.25, 0.3) is 33.4 Å². The zero-order valence-corrected chi connectivity index (χ0v) is 12.3. The van der Waals surface area contributed by atoms with Gasteiger partial charge in [-0.2, -0.15) is 0 Å².